The molecule has 0 radical (unpaired) electrons. The van der Waals surface area contributed by atoms with Crippen LogP contribution in [0, 0.1) is 0 Å². The highest BCUT2D eigenvalue weighted by Crippen LogP contribution is 2.26. The van der Waals surface area contributed by atoms with Crippen molar-refractivity contribution in [3.63, 3.8) is 0 Å². The first-order chi connectivity index (χ1) is 6.25. The van der Waals surface area contributed by atoms with Crippen molar-refractivity contribution in [2.75, 3.05) is 13.1 Å². The molecule has 5 heteroatoms. The van der Waals surface area contributed by atoms with Gasteiger partial charge in [-0.25, -0.2) is 4.98 Å². The number of rotatable bonds is 2. The van der Waals surface area contributed by atoms with Gasteiger partial charge in [0.05, 0.1) is 9.50 Å². The maximum Gasteiger partial charge on any atom is 0.228 e. The Morgan fingerprint density at radius 2 is 2.38 bits per heavy atom. The quantitative estimate of drug-likeness (QED) is 0.884. The number of nitrogens with one attached hydrogen (secondary N) is 1. The molecule has 3 nitrogen and oxygen atoms in total. The Kier molecular flexibility index (Phi) is 2.71. The van der Waals surface area contributed by atoms with Crippen molar-refractivity contribution < 1.29 is 4.74 Å². The molecule has 1 aliphatic heterocycles. The Bertz CT molecular complexity index is 317. The highest BCUT2D eigenvalue weighted by Gasteiger charge is 2.19. The standard InChI is InChI=1S/C8H8BrClN2O/c9-7-1-5(10)2-12-8(7)13-6-3-11-4-6/h1-2,6,11H,3-4H2. The van der Waals surface area contributed by atoms with E-state index < -0.39 is 0 Å². The minimum absolute atomic E-state index is 0.241. The van der Waals surface area contributed by atoms with Crippen molar-refractivity contribution in [1.29, 1.82) is 0 Å². The molecule has 0 unspecified atom stereocenters. The largest absolute Gasteiger partial charge is 0.471 e. The molecule has 0 spiro atoms. The van der Waals surface area contributed by atoms with Crippen molar-refractivity contribution in [2.45, 2.75) is 6.10 Å². The van der Waals surface area contributed by atoms with Crippen LogP contribution in [-0.2, 0) is 0 Å². The van der Waals surface area contributed by atoms with E-state index in [0.717, 1.165) is 17.6 Å². The minimum Gasteiger partial charge on any atom is -0.471 e. The molecule has 1 fully saturated rings. The zero-order valence-electron chi connectivity index (χ0n) is 6.76. The molecule has 1 aromatic rings. The highest BCUT2D eigenvalue weighted by molar-refractivity contribution is 9.10. The molecule has 0 aromatic carbocycles. The minimum atomic E-state index is 0.241. The van der Waals surface area contributed by atoms with E-state index in [1.807, 2.05) is 0 Å². The fourth-order valence-corrected chi connectivity index (χ4v) is 1.72. The first-order valence-corrected chi connectivity index (χ1v) is 5.11. The number of aromatic nitrogens is 1. The predicted octanol–water partition coefficient (Wildman–Crippen LogP) is 1.85. The lowest BCUT2D eigenvalue weighted by Crippen LogP contribution is -2.50. The van der Waals surface area contributed by atoms with Gasteiger partial charge in [0.2, 0.25) is 5.88 Å². The van der Waals surface area contributed by atoms with Crippen LogP contribution in [0.3, 0.4) is 0 Å². The predicted molar refractivity (Wildman–Crippen MR) is 54.2 cm³/mol. The van der Waals surface area contributed by atoms with Gasteiger partial charge in [-0.05, 0) is 22.0 Å². The monoisotopic (exact) mass is 262 g/mol. The zero-order chi connectivity index (χ0) is 9.26. The average Bonchev–Trinajstić information content (AvgIpc) is 1.99. The van der Waals surface area contributed by atoms with Crippen LogP contribution in [0.5, 0.6) is 5.88 Å². The van der Waals surface area contributed by atoms with Gasteiger partial charge in [0, 0.05) is 19.3 Å². The van der Waals surface area contributed by atoms with Gasteiger partial charge in [-0.1, -0.05) is 11.6 Å². The van der Waals surface area contributed by atoms with E-state index in [0.29, 0.717) is 10.9 Å². The van der Waals surface area contributed by atoms with E-state index in [1.165, 1.54) is 0 Å². The molecule has 0 aliphatic carbocycles. The Morgan fingerprint density at radius 1 is 1.62 bits per heavy atom. The van der Waals surface area contributed by atoms with Gasteiger partial charge in [-0.15, -0.1) is 0 Å². The topological polar surface area (TPSA) is 34.1 Å². The number of hydrogen-bond acceptors (Lipinski definition) is 3. The van der Waals surface area contributed by atoms with Crippen LogP contribution in [0.4, 0.5) is 0 Å². The summed E-state index contributed by atoms with van der Waals surface area (Å²) in [5.41, 5.74) is 0. The third-order valence-corrected chi connectivity index (χ3v) is 2.57. The van der Waals surface area contributed by atoms with E-state index >= 15 is 0 Å². The van der Waals surface area contributed by atoms with Gasteiger partial charge in [0.25, 0.3) is 0 Å². The Hall–Kier alpha value is -0.320. The second kappa shape index (κ2) is 3.82. The molecular weight excluding hydrogens is 255 g/mol. The Balaban J connectivity index is 2.10. The second-order valence-electron chi connectivity index (χ2n) is 2.84. The summed E-state index contributed by atoms with van der Waals surface area (Å²) >= 11 is 9.08. The maximum atomic E-state index is 5.74. The zero-order valence-corrected chi connectivity index (χ0v) is 9.10. The van der Waals surface area contributed by atoms with Gasteiger partial charge in [0.1, 0.15) is 6.10 Å². The fraction of sp³-hybridized carbons (Fsp3) is 0.375. The molecule has 2 rings (SSSR count). The molecule has 0 amide bonds. The lowest BCUT2D eigenvalue weighted by atomic mass is 10.2. The van der Waals surface area contributed by atoms with Crippen molar-refractivity contribution in [2.24, 2.45) is 0 Å². The lowest BCUT2D eigenvalue weighted by molar-refractivity contribution is 0.135. The SMILES string of the molecule is Clc1cnc(OC2CNC2)c(Br)c1. The van der Waals surface area contributed by atoms with E-state index in [-0.39, 0.29) is 6.10 Å². The van der Waals surface area contributed by atoms with Crippen molar-refractivity contribution in [1.82, 2.24) is 10.3 Å². The van der Waals surface area contributed by atoms with Crippen LogP contribution in [0.25, 0.3) is 0 Å². The molecule has 70 valence electrons. The Labute approximate surface area is 89.6 Å². The summed E-state index contributed by atoms with van der Waals surface area (Å²) in [5, 5.41) is 3.72. The summed E-state index contributed by atoms with van der Waals surface area (Å²) in [7, 11) is 0. The smallest absolute Gasteiger partial charge is 0.228 e. The van der Waals surface area contributed by atoms with Gasteiger partial charge in [-0.2, -0.15) is 0 Å². The van der Waals surface area contributed by atoms with Crippen molar-refractivity contribution >= 4 is 27.5 Å². The molecule has 1 N–H and O–H groups in total. The van der Waals surface area contributed by atoms with Crippen LogP contribution < -0.4 is 10.1 Å². The van der Waals surface area contributed by atoms with E-state index in [9.17, 15) is 0 Å². The summed E-state index contributed by atoms with van der Waals surface area (Å²) in [6.07, 6.45) is 1.82. The van der Waals surface area contributed by atoms with Crippen LogP contribution in [0.15, 0.2) is 16.7 Å². The number of nitrogens with zero attached hydrogens (tertiary/aromatic N) is 1. The first kappa shape index (κ1) is 9.24. The molecule has 1 saturated heterocycles. The molecule has 0 atom stereocenters. The second-order valence-corrected chi connectivity index (χ2v) is 4.13. The van der Waals surface area contributed by atoms with Crippen molar-refractivity contribution in [3.05, 3.63) is 21.8 Å². The first-order valence-electron chi connectivity index (χ1n) is 3.94. The van der Waals surface area contributed by atoms with Crippen molar-refractivity contribution in [3.8, 4) is 5.88 Å². The van der Waals surface area contributed by atoms with Gasteiger partial charge in [-0.3, -0.25) is 0 Å². The molecule has 0 bridgehead atoms. The van der Waals surface area contributed by atoms with Crippen LogP contribution in [-0.4, -0.2) is 24.2 Å². The molecule has 13 heavy (non-hydrogen) atoms. The van der Waals surface area contributed by atoms with Crippen LogP contribution in [0.1, 0.15) is 0 Å². The summed E-state index contributed by atoms with van der Waals surface area (Å²) in [6.45, 7) is 1.77. The van der Waals surface area contributed by atoms with E-state index in [4.69, 9.17) is 16.3 Å². The van der Waals surface area contributed by atoms with E-state index in [1.54, 1.807) is 12.3 Å². The molecule has 1 aliphatic rings. The van der Waals surface area contributed by atoms with Gasteiger partial charge in [0.15, 0.2) is 0 Å². The maximum absolute atomic E-state index is 5.74. The molecular formula is C8H8BrClN2O. The number of hydrogen-bond donors (Lipinski definition) is 1. The van der Waals surface area contributed by atoms with E-state index in [2.05, 4.69) is 26.2 Å². The summed E-state index contributed by atoms with van der Waals surface area (Å²) in [4.78, 5) is 4.07. The fourth-order valence-electron chi connectivity index (χ4n) is 0.992. The van der Waals surface area contributed by atoms with Crippen LogP contribution in [0.2, 0.25) is 5.02 Å². The van der Waals surface area contributed by atoms with Gasteiger partial charge >= 0.3 is 0 Å². The molecule has 2 heterocycles. The van der Waals surface area contributed by atoms with Gasteiger partial charge < -0.3 is 10.1 Å². The lowest BCUT2D eigenvalue weighted by Gasteiger charge is -2.27. The number of halogens is 2. The molecule has 1 aromatic heterocycles. The summed E-state index contributed by atoms with van der Waals surface area (Å²) < 4.78 is 6.35. The average molecular weight is 264 g/mol. The summed E-state index contributed by atoms with van der Waals surface area (Å²) in [5.74, 6) is 0.607. The summed E-state index contributed by atoms with van der Waals surface area (Å²) in [6, 6.07) is 1.77. The number of ether oxygens (including phenoxy) is 1. The Morgan fingerprint density at radius 3 is 2.92 bits per heavy atom. The third kappa shape index (κ3) is 2.13. The number of pyridine rings is 1. The normalized spacial score (nSPS) is 16.8. The highest BCUT2D eigenvalue weighted by atomic mass is 79.9. The van der Waals surface area contributed by atoms with Crippen LogP contribution >= 0.6 is 27.5 Å². The third-order valence-electron chi connectivity index (χ3n) is 1.80. The molecule has 0 saturated carbocycles.